The molecule has 14 heavy (non-hydrogen) atoms. The molecule has 1 aromatic carbocycles. The molecular weight excluding hydrogens is 252 g/mol. The minimum atomic E-state index is -1.12. The van der Waals surface area contributed by atoms with Crippen molar-refractivity contribution in [3.63, 3.8) is 0 Å². The standard InChI is InChI=1S/C9H9BrO4/c10-7-2-1-5(11)3-6(7)8(12)4-9(13)14/h1-3,8,11-12H,4H2,(H,13,14)/t8-/m1/s1. The monoisotopic (exact) mass is 260 g/mol. The van der Waals surface area contributed by atoms with Crippen LogP contribution in [0.25, 0.3) is 0 Å². The predicted molar refractivity (Wildman–Crippen MR) is 53.0 cm³/mol. The van der Waals surface area contributed by atoms with Crippen molar-refractivity contribution in [2.24, 2.45) is 0 Å². The first-order valence-corrected chi connectivity index (χ1v) is 4.68. The maximum atomic E-state index is 10.3. The van der Waals surface area contributed by atoms with Gasteiger partial charge in [-0.05, 0) is 23.8 Å². The fourth-order valence-electron chi connectivity index (χ4n) is 1.06. The highest BCUT2D eigenvalue weighted by Crippen LogP contribution is 2.28. The van der Waals surface area contributed by atoms with E-state index in [2.05, 4.69) is 15.9 Å². The van der Waals surface area contributed by atoms with Gasteiger partial charge in [-0.1, -0.05) is 15.9 Å². The van der Waals surface area contributed by atoms with Crippen LogP contribution in [0.1, 0.15) is 18.1 Å². The highest BCUT2D eigenvalue weighted by Gasteiger charge is 2.15. The van der Waals surface area contributed by atoms with E-state index in [1.807, 2.05) is 0 Å². The first-order valence-electron chi connectivity index (χ1n) is 3.89. The van der Waals surface area contributed by atoms with E-state index >= 15 is 0 Å². The van der Waals surface area contributed by atoms with Crippen LogP contribution < -0.4 is 0 Å². The second-order valence-corrected chi connectivity index (χ2v) is 3.67. The first kappa shape index (κ1) is 11.0. The third kappa shape index (κ3) is 2.71. The normalized spacial score (nSPS) is 12.4. The van der Waals surface area contributed by atoms with Gasteiger partial charge in [0.2, 0.25) is 0 Å². The number of carboxylic acids is 1. The summed E-state index contributed by atoms with van der Waals surface area (Å²) in [4.78, 5) is 10.3. The van der Waals surface area contributed by atoms with Gasteiger partial charge >= 0.3 is 5.97 Å². The number of halogens is 1. The van der Waals surface area contributed by atoms with E-state index in [-0.39, 0.29) is 12.2 Å². The van der Waals surface area contributed by atoms with Crippen LogP contribution in [0.2, 0.25) is 0 Å². The van der Waals surface area contributed by atoms with Gasteiger partial charge in [0.05, 0.1) is 12.5 Å². The number of phenols is 1. The highest BCUT2D eigenvalue weighted by molar-refractivity contribution is 9.10. The fourth-order valence-corrected chi connectivity index (χ4v) is 1.57. The number of benzene rings is 1. The van der Waals surface area contributed by atoms with Crippen molar-refractivity contribution in [3.8, 4) is 5.75 Å². The van der Waals surface area contributed by atoms with Gasteiger partial charge in [-0.15, -0.1) is 0 Å². The van der Waals surface area contributed by atoms with Crippen molar-refractivity contribution in [1.82, 2.24) is 0 Å². The van der Waals surface area contributed by atoms with Gasteiger partial charge in [-0.25, -0.2) is 0 Å². The van der Waals surface area contributed by atoms with Crippen LogP contribution in [-0.2, 0) is 4.79 Å². The summed E-state index contributed by atoms with van der Waals surface area (Å²) in [6, 6.07) is 4.33. The Morgan fingerprint density at radius 2 is 2.14 bits per heavy atom. The molecule has 0 unspecified atom stereocenters. The van der Waals surface area contributed by atoms with Crippen molar-refractivity contribution in [3.05, 3.63) is 28.2 Å². The second-order valence-electron chi connectivity index (χ2n) is 2.82. The Morgan fingerprint density at radius 1 is 1.50 bits per heavy atom. The van der Waals surface area contributed by atoms with E-state index in [9.17, 15) is 9.90 Å². The number of hydrogen-bond acceptors (Lipinski definition) is 3. The Balaban J connectivity index is 2.93. The summed E-state index contributed by atoms with van der Waals surface area (Å²) in [5.41, 5.74) is 0.368. The Bertz CT molecular complexity index is 351. The number of aliphatic carboxylic acids is 1. The number of rotatable bonds is 3. The average molecular weight is 261 g/mol. The molecule has 0 bridgehead atoms. The predicted octanol–water partition coefficient (Wildman–Crippen LogP) is 1.66. The van der Waals surface area contributed by atoms with Crippen molar-refractivity contribution < 1.29 is 20.1 Å². The minimum Gasteiger partial charge on any atom is -0.508 e. The summed E-state index contributed by atoms with van der Waals surface area (Å²) in [7, 11) is 0. The van der Waals surface area contributed by atoms with Gasteiger partial charge in [-0.3, -0.25) is 4.79 Å². The summed E-state index contributed by atoms with van der Waals surface area (Å²) in [5, 5.41) is 27.1. The molecule has 0 aliphatic rings. The summed E-state index contributed by atoms with van der Waals surface area (Å²) < 4.78 is 0.573. The van der Waals surface area contributed by atoms with Crippen LogP contribution >= 0.6 is 15.9 Å². The van der Waals surface area contributed by atoms with Crippen LogP contribution in [0, 0.1) is 0 Å². The fraction of sp³-hybridized carbons (Fsp3) is 0.222. The van der Waals surface area contributed by atoms with Crippen LogP contribution in [0.3, 0.4) is 0 Å². The molecule has 0 heterocycles. The Labute approximate surface area is 88.9 Å². The number of carbonyl (C=O) groups is 1. The van der Waals surface area contributed by atoms with Gasteiger partial charge in [0.25, 0.3) is 0 Å². The zero-order chi connectivity index (χ0) is 10.7. The number of carboxylic acid groups (broad SMARTS) is 1. The SMILES string of the molecule is O=C(O)C[C@@H](O)c1cc(O)ccc1Br. The summed E-state index contributed by atoms with van der Waals surface area (Å²) in [6.07, 6.45) is -1.50. The lowest BCUT2D eigenvalue weighted by Gasteiger charge is -2.10. The number of hydrogen-bond donors (Lipinski definition) is 3. The molecule has 1 rings (SSSR count). The Kier molecular flexibility index (Phi) is 3.49. The molecule has 0 amide bonds. The summed E-state index contributed by atoms with van der Waals surface area (Å²) in [5.74, 6) is -1.10. The largest absolute Gasteiger partial charge is 0.508 e. The number of aromatic hydroxyl groups is 1. The molecule has 1 aromatic rings. The number of phenolic OH excluding ortho intramolecular Hbond substituents is 1. The smallest absolute Gasteiger partial charge is 0.306 e. The summed E-state index contributed by atoms with van der Waals surface area (Å²) >= 11 is 3.16. The van der Waals surface area contributed by atoms with Crippen LogP contribution in [-0.4, -0.2) is 21.3 Å². The van der Waals surface area contributed by atoms with Gasteiger partial charge in [-0.2, -0.15) is 0 Å². The van der Waals surface area contributed by atoms with Gasteiger partial charge < -0.3 is 15.3 Å². The molecule has 0 radical (unpaired) electrons. The zero-order valence-electron chi connectivity index (χ0n) is 7.14. The van der Waals surface area contributed by atoms with Crippen molar-refractivity contribution >= 4 is 21.9 Å². The minimum absolute atomic E-state index is 0.00682. The number of aliphatic hydroxyl groups is 1. The lowest BCUT2D eigenvalue weighted by Crippen LogP contribution is -2.05. The molecule has 0 saturated carbocycles. The quantitative estimate of drug-likeness (QED) is 0.773. The van der Waals surface area contributed by atoms with E-state index < -0.39 is 12.1 Å². The van der Waals surface area contributed by atoms with Crippen LogP contribution in [0.15, 0.2) is 22.7 Å². The topological polar surface area (TPSA) is 77.8 Å². The van der Waals surface area contributed by atoms with Gasteiger partial charge in [0, 0.05) is 4.47 Å². The Hall–Kier alpha value is -1.07. The van der Waals surface area contributed by atoms with Crippen LogP contribution in [0.5, 0.6) is 5.75 Å². The van der Waals surface area contributed by atoms with E-state index in [1.54, 1.807) is 6.07 Å². The maximum Gasteiger partial charge on any atom is 0.306 e. The molecular formula is C9H9BrO4. The third-order valence-corrected chi connectivity index (χ3v) is 2.43. The van der Waals surface area contributed by atoms with Gasteiger partial charge in [0.1, 0.15) is 5.75 Å². The van der Waals surface area contributed by atoms with Crippen molar-refractivity contribution in [1.29, 1.82) is 0 Å². The van der Waals surface area contributed by atoms with E-state index in [0.29, 0.717) is 10.0 Å². The molecule has 0 fully saturated rings. The molecule has 0 aliphatic heterocycles. The Morgan fingerprint density at radius 3 is 2.71 bits per heavy atom. The van der Waals surface area contributed by atoms with Gasteiger partial charge in [0.15, 0.2) is 0 Å². The highest BCUT2D eigenvalue weighted by atomic mass is 79.9. The first-order chi connectivity index (χ1) is 6.50. The molecule has 5 heteroatoms. The molecule has 3 N–H and O–H groups in total. The molecule has 0 saturated heterocycles. The molecule has 4 nitrogen and oxygen atoms in total. The van der Waals surface area contributed by atoms with E-state index in [0.717, 1.165) is 0 Å². The van der Waals surface area contributed by atoms with E-state index in [4.69, 9.17) is 10.2 Å². The molecule has 0 aliphatic carbocycles. The lowest BCUT2D eigenvalue weighted by molar-refractivity contribution is -0.139. The lowest BCUT2D eigenvalue weighted by atomic mass is 10.1. The van der Waals surface area contributed by atoms with Crippen LogP contribution in [0.4, 0.5) is 0 Å². The third-order valence-electron chi connectivity index (χ3n) is 1.71. The molecule has 1 atom stereocenters. The number of aliphatic hydroxyl groups excluding tert-OH is 1. The maximum absolute atomic E-state index is 10.3. The average Bonchev–Trinajstić information content (AvgIpc) is 2.08. The molecule has 0 aromatic heterocycles. The zero-order valence-corrected chi connectivity index (χ0v) is 8.73. The second kappa shape index (κ2) is 4.43. The van der Waals surface area contributed by atoms with Crippen molar-refractivity contribution in [2.45, 2.75) is 12.5 Å². The molecule has 0 spiro atoms. The van der Waals surface area contributed by atoms with Crippen molar-refractivity contribution in [2.75, 3.05) is 0 Å². The molecule has 76 valence electrons. The van der Waals surface area contributed by atoms with E-state index in [1.165, 1.54) is 12.1 Å². The summed E-state index contributed by atoms with van der Waals surface area (Å²) in [6.45, 7) is 0.